The van der Waals surface area contributed by atoms with Gasteiger partial charge >= 0.3 is 5.97 Å². The van der Waals surface area contributed by atoms with Crippen LogP contribution in [0.3, 0.4) is 0 Å². The zero-order valence-electron chi connectivity index (χ0n) is 10.6. The maximum absolute atomic E-state index is 11.8. The lowest BCUT2D eigenvalue weighted by molar-refractivity contribution is -0.149. The summed E-state index contributed by atoms with van der Waals surface area (Å²) in [6.45, 7) is 3.98. The highest BCUT2D eigenvalue weighted by molar-refractivity contribution is 5.70. The monoisotopic (exact) mass is 249 g/mol. The fourth-order valence-electron chi connectivity index (χ4n) is 1.99. The molecule has 2 rings (SSSR count). The molecule has 0 bridgehead atoms. The van der Waals surface area contributed by atoms with Crippen LogP contribution in [0, 0.1) is 0 Å². The number of morpholine rings is 1. The van der Waals surface area contributed by atoms with E-state index in [-0.39, 0.29) is 18.1 Å². The molecule has 0 spiro atoms. The standard InChI is InChI=1S/C14H19NO3/c1-11(12-5-3-2-4-6-12)18-14(16)9-13-10-17-8-7-15-13/h2-6,11,13,15H,7-10H2,1H3. The molecule has 0 aliphatic carbocycles. The molecule has 0 aromatic heterocycles. The molecule has 2 unspecified atom stereocenters. The third-order valence-electron chi connectivity index (χ3n) is 2.99. The predicted molar refractivity (Wildman–Crippen MR) is 68.2 cm³/mol. The van der Waals surface area contributed by atoms with Gasteiger partial charge in [0.1, 0.15) is 6.10 Å². The summed E-state index contributed by atoms with van der Waals surface area (Å²) in [5.74, 6) is -0.186. The second-order valence-corrected chi connectivity index (χ2v) is 4.47. The van der Waals surface area contributed by atoms with Gasteiger partial charge in [0, 0.05) is 12.6 Å². The van der Waals surface area contributed by atoms with E-state index in [0.29, 0.717) is 19.6 Å². The van der Waals surface area contributed by atoms with Crippen LogP contribution in [-0.2, 0) is 14.3 Å². The van der Waals surface area contributed by atoms with Crippen LogP contribution in [0.15, 0.2) is 30.3 Å². The van der Waals surface area contributed by atoms with E-state index in [1.54, 1.807) is 0 Å². The van der Waals surface area contributed by atoms with Crippen molar-refractivity contribution < 1.29 is 14.3 Å². The largest absolute Gasteiger partial charge is 0.458 e. The van der Waals surface area contributed by atoms with Crippen molar-refractivity contribution in [2.24, 2.45) is 0 Å². The Hall–Kier alpha value is -1.39. The summed E-state index contributed by atoms with van der Waals surface area (Å²) in [6, 6.07) is 9.82. The molecule has 0 radical (unpaired) electrons. The van der Waals surface area contributed by atoms with E-state index < -0.39 is 0 Å². The van der Waals surface area contributed by atoms with Crippen LogP contribution < -0.4 is 5.32 Å². The Morgan fingerprint density at radius 1 is 1.50 bits per heavy atom. The van der Waals surface area contributed by atoms with Crippen molar-refractivity contribution in [3.05, 3.63) is 35.9 Å². The van der Waals surface area contributed by atoms with Crippen LogP contribution in [0.1, 0.15) is 25.0 Å². The van der Waals surface area contributed by atoms with E-state index in [4.69, 9.17) is 9.47 Å². The first kappa shape index (κ1) is 13.1. The number of hydrogen-bond acceptors (Lipinski definition) is 4. The number of rotatable bonds is 4. The van der Waals surface area contributed by atoms with Gasteiger partial charge in [0.2, 0.25) is 0 Å². The summed E-state index contributed by atoms with van der Waals surface area (Å²) in [6.07, 6.45) is 0.153. The second kappa shape index (κ2) is 6.52. The average molecular weight is 249 g/mol. The Bertz CT molecular complexity index is 374. The zero-order valence-corrected chi connectivity index (χ0v) is 10.6. The number of esters is 1. The number of hydrogen-bond donors (Lipinski definition) is 1. The number of benzene rings is 1. The molecule has 4 nitrogen and oxygen atoms in total. The molecule has 98 valence electrons. The van der Waals surface area contributed by atoms with Gasteiger partial charge < -0.3 is 14.8 Å². The van der Waals surface area contributed by atoms with Crippen LogP contribution >= 0.6 is 0 Å². The first-order valence-corrected chi connectivity index (χ1v) is 6.31. The molecule has 1 aliphatic heterocycles. The van der Waals surface area contributed by atoms with E-state index in [1.807, 2.05) is 37.3 Å². The molecule has 1 aliphatic rings. The summed E-state index contributed by atoms with van der Waals surface area (Å²) in [7, 11) is 0. The van der Waals surface area contributed by atoms with Crippen molar-refractivity contribution in [2.45, 2.75) is 25.5 Å². The Balaban J connectivity index is 1.80. The fraction of sp³-hybridized carbons (Fsp3) is 0.500. The Labute approximate surface area is 107 Å². The summed E-state index contributed by atoms with van der Waals surface area (Å²) in [4.78, 5) is 11.8. The molecule has 1 aromatic rings. The van der Waals surface area contributed by atoms with E-state index in [0.717, 1.165) is 12.1 Å². The van der Waals surface area contributed by atoms with Gasteiger partial charge in [-0.25, -0.2) is 0 Å². The molecule has 1 heterocycles. The fourth-order valence-corrected chi connectivity index (χ4v) is 1.99. The average Bonchev–Trinajstić information content (AvgIpc) is 2.40. The molecular weight excluding hydrogens is 230 g/mol. The first-order chi connectivity index (χ1) is 8.75. The van der Waals surface area contributed by atoms with Crippen molar-refractivity contribution >= 4 is 5.97 Å². The van der Waals surface area contributed by atoms with Crippen molar-refractivity contribution in [3.63, 3.8) is 0 Å². The Morgan fingerprint density at radius 2 is 2.28 bits per heavy atom. The number of carbonyl (C=O) groups excluding carboxylic acids is 1. The van der Waals surface area contributed by atoms with Gasteiger partial charge in [0.15, 0.2) is 0 Å². The summed E-state index contributed by atoms with van der Waals surface area (Å²) < 4.78 is 10.7. The molecule has 1 aromatic carbocycles. The molecular formula is C14H19NO3. The topological polar surface area (TPSA) is 47.6 Å². The van der Waals surface area contributed by atoms with Gasteiger partial charge in [-0.05, 0) is 12.5 Å². The van der Waals surface area contributed by atoms with Gasteiger partial charge in [-0.15, -0.1) is 0 Å². The highest BCUT2D eigenvalue weighted by Gasteiger charge is 2.19. The third kappa shape index (κ3) is 3.82. The number of ether oxygens (including phenoxy) is 2. The van der Waals surface area contributed by atoms with Crippen LogP contribution in [0.25, 0.3) is 0 Å². The van der Waals surface area contributed by atoms with Gasteiger partial charge in [0.05, 0.1) is 19.6 Å². The molecule has 4 heteroatoms. The highest BCUT2D eigenvalue weighted by atomic mass is 16.5. The van der Waals surface area contributed by atoms with Crippen LogP contribution in [0.2, 0.25) is 0 Å². The normalized spacial score (nSPS) is 21.3. The van der Waals surface area contributed by atoms with Crippen molar-refractivity contribution in [1.29, 1.82) is 0 Å². The molecule has 0 amide bonds. The SMILES string of the molecule is CC(OC(=O)CC1COCCN1)c1ccccc1. The summed E-state index contributed by atoms with van der Waals surface area (Å²) >= 11 is 0. The molecule has 18 heavy (non-hydrogen) atoms. The number of nitrogens with one attached hydrogen (secondary N) is 1. The van der Waals surface area contributed by atoms with Crippen LogP contribution in [0.4, 0.5) is 0 Å². The van der Waals surface area contributed by atoms with E-state index >= 15 is 0 Å². The van der Waals surface area contributed by atoms with Crippen molar-refractivity contribution in [2.75, 3.05) is 19.8 Å². The lowest BCUT2D eigenvalue weighted by Crippen LogP contribution is -2.42. The minimum Gasteiger partial charge on any atom is -0.458 e. The first-order valence-electron chi connectivity index (χ1n) is 6.31. The van der Waals surface area contributed by atoms with Gasteiger partial charge in [-0.1, -0.05) is 30.3 Å². The second-order valence-electron chi connectivity index (χ2n) is 4.47. The minimum atomic E-state index is -0.205. The lowest BCUT2D eigenvalue weighted by atomic mass is 10.1. The highest BCUT2D eigenvalue weighted by Crippen LogP contribution is 2.17. The molecule has 1 fully saturated rings. The van der Waals surface area contributed by atoms with Crippen molar-refractivity contribution in [1.82, 2.24) is 5.32 Å². The summed E-state index contributed by atoms with van der Waals surface area (Å²) in [5, 5.41) is 3.24. The molecule has 2 atom stereocenters. The zero-order chi connectivity index (χ0) is 12.8. The van der Waals surface area contributed by atoms with Crippen LogP contribution in [0.5, 0.6) is 0 Å². The van der Waals surface area contributed by atoms with E-state index in [9.17, 15) is 4.79 Å². The molecule has 1 N–H and O–H groups in total. The number of carbonyl (C=O) groups is 1. The van der Waals surface area contributed by atoms with Gasteiger partial charge in [0.25, 0.3) is 0 Å². The quantitative estimate of drug-likeness (QED) is 0.825. The maximum atomic E-state index is 11.8. The maximum Gasteiger partial charge on any atom is 0.308 e. The van der Waals surface area contributed by atoms with Gasteiger partial charge in [-0.2, -0.15) is 0 Å². The van der Waals surface area contributed by atoms with Crippen molar-refractivity contribution in [3.8, 4) is 0 Å². The summed E-state index contributed by atoms with van der Waals surface area (Å²) in [5.41, 5.74) is 1.01. The Morgan fingerprint density at radius 3 is 2.94 bits per heavy atom. The van der Waals surface area contributed by atoms with E-state index in [1.165, 1.54) is 0 Å². The smallest absolute Gasteiger partial charge is 0.308 e. The molecule has 0 saturated carbocycles. The molecule has 1 saturated heterocycles. The van der Waals surface area contributed by atoms with E-state index in [2.05, 4.69) is 5.32 Å². The minimum absolute atomic E-state index is 0.0780. The van der Waals surface area contributed by atoms with Gasteiger partial charge in [-0.3, -0.25) is 4.79 Å². The van der Waals surface area contributed by atoms with Crippen LogP contribution in [-0.4, -0.2) is 31.8 Å². The predicted octanol–water partition coefficient (Wildman–Crippen LogP) is 1.67. The lowest BCUT2D eigenvalue weighted by Gasteiger charge is -2.23. The Kier molecular flexibility index (Phi) is 4.73. The third-order valence-corrected chi connectivity index (χ3v) is 2.99.